The van der Waals surface area contributed by atoms with Gasteiger partial charge in [0.1, 0.15) is 5.76 Å². The third kappa shape index (κ3) is 4.44. The van der Waals surface area contributed by atoms with Gasteiger partial charge in [-0.2, -0.15) is 0 Å². The molecule has 3 nitrogen and oxygen atoms in total. The van der Waals surface area contributed by atoms with Crippen LogP contribution in [0, 0.1) is 27.7 Å². The molecule has 0 aliphatic heterocycles. The van der Waals surface area contributed by atoms with Gasteiger partial charge >= 0.3 is 0 Å². The fourth-order valence-electron chi connectivity index (χ4n) is 2.16. The van der Waals surface area contributed by atoms with Crippen molar-refractivity contribution in [3.05, 3.63) is 32.9 Å². The molecule has 2 rings (SSSR count). The molecule has 2 heterocycles. The SMILES string of the molecule is Cc1nc(C(C)C)c(C)o1.Cc1nc(C(C)C)c(C)s1. The first-order chi connectivity index (χ1) is 9.22. The second-order valence-corrected chi connectivity index (χ2v) is 7.07. The van der Waals surface area contributed by atoms with Gasteiger partial charge in [0.05, 0.1) is 16.4 Å². The number of oxazole rings is 1. The van der Waals surface area contributed by atoms with Crippen molar-refractivity contribution in [3.8, 4) is 0 Å². The Labute approximate surface area is 126 Å². The Balaban J connectivity index is 0.000000200. The summed E-state index contributed by atoms with van der Waals surface area (Å²) in [5.74, 6) is 2.76. The minimum absolute atomic E-state index is 0.470. The van der Waals surface area contributed by atoms with Crippen LogP contribution >= 0.6 is 11.3 Å². The van der Waals surface area contributed by atoms with E-state index < -0.39 is 0 Å². The van der Waals surface area contributed by atoms with Crippen molar-refractivity contribution in [2.45, 2.75) is 67.2 Å². The molecule has 0 bridgehead atoms. The van der Waals surface area contributed by atoms with E-state index in [4.69, 9.17) is 4.42 Å². The molecule has 0 atom stereocenters. The molecule has 0 spiro atoms. The molecular formula is C16H26N2OS. The summed E-state index contributed by atoms with van der Waals surface area (Å²) in [6.07, 6.45) is 0. The number of thiazole rings is 1. The number of nitrogens with zero attached hydrogens (tertiary/aromatic N) is 2. The molecule has 0 radical (unpaired) electrons. The van der Waals surface area contributed by atoms with Gasteiger partial charge in [-0.25, -0.2) is 9.97 Å². The van der Waals surface area contributed by atoms with Crippen LogP contribution in [0.4, 0.5) is 0 Å². The Bertz CT molecular complexity index is 503. The predicted molar refractivity (Wildman–Crippen MR) is 85.7 cm³/mol. The van der Waals surface area contributed by atoms with E-state index in [1.165, 1.54) is 15.6 Å². The van der Waals surface area contributed by atoms with E-state index in [0.717, 1.165) is 17.3 Å². The molecular weight excluding hydrogens is 268 g/mol. The third-order valence-electron chi connectivity index (χ3n) is 2.97. The minimum Gasteiger partial charge on any atom is -0.446 e. The Morgan fingerprint density at radius 1 is 0.850 bits per heavy atom. The quantitative estimate of drug-likeness (QED) is 0.754. The van der Waals surface area contributed by atoms with Crippen molar-refractivity contribution in [2.24, 2.45) is 0 Å². The van der Waals surface area contributed by atoms with Crippen LogP contribution in [-0.2, 0) is 0 Å². The first kappa shape index (κ1) is 16.9. The highest BCUT2D eigenvalue weighted by molar-refractivity contribution is 7.11. The van der Waals surface area contributed by atoms with Crippen LogP contribution in [0.1, 0.15) is 72.5 Å². The first-order valence-corrected chi connectivity index (χ1v) is 7.91. The number of aromatic nitrogens is 2. The van der Waals surface area contributed by atoms with Gasteiger partial charge in [0.25, 0.3) is 0 Å². The maximum Gasteiger partial charge on any atom is 0.191 e. The van der Waals surface area contributed by atoms with Gasteiger partial charge in [-0.05, 0) is 32.6 Å². The Kier molecular flexibility index (Phi) is 5.93. The Hall–Kier alpha value is -1.16. The number of rotatable bonds is 2. The van der Waals surface area contributed by atoms with Gasteiger partial charge in [-0.15, -0.1) is 11.3 Å². The van der Waals surface area contributed by atoms with E-state index in [1.807, 2.05) is 13.8 Å². The normalized spacial score (nSPS) is 10.9. The van der Waals surface area contributed by atoms with E-state index in [0.29, 0.717) is 11.8 Å². The van der Waals surface area contributed by atoms with Crippen LogP contribution in [0.3, 0.4) is 0 Å². The van der Waals surface area contributed by atoms with Crippen LogP contribution in [-0.4, -0.2) is 9.97 Å². The van der Waals surface area contributed by atoms with Crippen LogP contribution in [0.25, 0.3) is 0 Å². The molecule has 20 heavy (non-hydrogen) atoms. The van der Waals surface area contributed by atoms with E-state index in [1.54, 1.807) is 11.3 Å². The Morgan fingerprint density at radius 3 is 1.60 bits per heavy atom. The van der Waals surface area contributed by atoms with E-state index >= 15 is 0 Å². The molecule has 2 aromatic rings. The van der Waals surface area contributed by atoms with Crippen molar-refractivity contribution < 1.29 is 4.42 Å². The highest BCUT2D eigenvalue weighted by Crippen LogP contribution is 2.23. The topological polar surface area (TPSA) is 38.9 Å². The summed E-state index contributed by atoms with van der Waals surface area (Å²) in [6, 6.07) is 0. The second kappa shape index (κ2) is 7.02. The van der Waals surface area contributed by atoms with Gasteiger partial charge in [-0.3, -0.25) is 0 Å². The molecule has 0 aliphatic carbocycles. The summed E-state index contributed by atoms with van der Waals surface area (Å²) in [7, 11) is 0. The largest absolute Gasteiger partial charge is 0.446 e. The average Bonchev–Trinajstić information content (AvgIpc) is 2.82. The van der Waals surface area contributed by atoms with Crippen molar-refractivity contribution in [2.75, 3.05) is 0 Å². The van der Waals surface area contributed by atoms with Gasteiger partial charge in [-0.1, -0.05) is 27.7 Å². The molecule has 0 unspecified atom stereocenters. The molecule has 0 aliphatic rings. The summed E-state index contributed by atoms with van der Waals surface area (Å²) in [6.45, 7) is 16.6. The molecule has 0 saturated heterocycles. The molecule has 0 aromatic carbocycles. The van der Waals surface area contributed by atoms with Crippen molar-refractivity contribution in [1.29, 1.82) is 0 Å². The molecule has 0 fully saturated rings. The lowest BCUT2D eigenvalue weighted by molar-refractivity contribution is 0.492. The van der Waals surface area contributed by atoms with E-state index in [2.05, 4.69) is 51.5 Å². The molecule has 4 heteroatoms. The fourth-order valence-corrected chi connectivity index (χ4v) is 3.13. The third-order valence-corrected chi connectivity index (χ3v) is 3.87. The highest BCUT2D eigenvalue weighted by Gasteiger charge is 2.09. The lowest BCUT2D eigenvalue weighted by Gasteiger charge is -1.99. The van der Waals surface area contributed by atoms with Gasteiger partial charge < -0.3 is 4.42 Å². The zero-order valence-electron chi connectivity index (χ0n) is 13.9. The van der Waals surface area contributed by atoms with Crippen LogP contribution < -0.4 is 0 Å². The monoisotopic (exact) mass is 294 g/mol. The maximum absolute atomic E-state index is 5.26. The molecule has 2 aromatic heterocycles. The van der Waals surface area contributed by atoms with Crippen LogP contribution in [0.5, 0.6) is 0 Å². The van der Waals surface area contributed by atoms with Crippen molar-refractivity contribution in [3.63, 3.8) is 0 Å². The molecule has 0 amide bonds. The zero-order chi connectivity index (χ0) is 15.4. The Morgan fingerprint density at radius 2 is 1.40 bits per heavy atom. The van der Waals surface area contributed by atoms with Crippen LogP contribution in [0.2, 0.25) is 0 Å². The summed E-state index contributed by atoms with van der Waals surface area (Å²) in [5, 5.41) is 1.18. The zero-order valence-corrected chi connectivity index (χ0v) is 14.7. The minimum atomic E-state index is 0.470. The summed E-state index contributed by atoms with van der Waals surface area (Å²) in [4.78, 5) is 10.0. The fraction of sp³-hybridized carbons (Fsp3) is 0.625. The van der Waals surface area contributed by atoms with Gasteiger partial charge in [0.15, 0.2) is 5.89 Å². The predicted octanol–water partition coefficient (Wildman–Crippen LogP) is 5.30. The average molecular weight is 294 g/mol. The second-order valence-electron chi connectivity index (χ2n) is 5.66. The highest BCUT2D eigenvalue weighted by atomic mass is 32.1. The first-order valence-electron chi connectivity index (χ1n) is 7.10. The van der Waals surface area contributed by atoms with Gasteiger partial charge in [0.2, 0.25) is 0 Å². The summed E-state index contributed by atoms with van der Waals surface area (Å²) >= 11 is 1.79. The van der Waals surface area contributed by atoms with Gasteiger partial charge in [0, 0.05) is 11.8 Å². The van der Waals surface area contributed by atoms with Crippen LogP contribution in [0.15, 0.2) is 4.42 Å². The maximum atomic E-state index is 5.26. The molecule has 112 valence electrons. The molecule has 0 N–H and O–H groups in total. The summed E-state index contributed by atoms with van der Waals surface area (Å²) < 4.78 is 5.26. The summed E-state index contributed by atoms with van der Waals surface area (Å²) in [5.41, 5.74) is 2.35. The number of hydrogen-bond donors (Lipinski definition) is 0. The lowest BCUT2D eigenvalue weighted by Crippen LogP contribution is -1.89. The van der Waals surface area contributed by atoms with E-state index in [9.17, 15) is 0 Å². The van der Waals surface area contributed by atoms with Crippen molar-refractivity contribution >= 4 is 11.3 Å². The smallest absolute Gasteiger partial charge is 0.191 e. The lowest BCUT2D eigenvalue weighted by atomic mass is 10.1. The number of aryl methyl sites for hydroxylation is 4. The molecule has 0 saturated carbocycles. The van der Waals surface area contributed by atoms with Crippen molar-refractivity contribution in [1.82, 2.24) is 9.97 Å². The number of hydrogen-bond acceptors (Lipinski definition) is 4. The standard InChI is InChI=1S/C8H13NO.C8H13NS/c2*1-5(2)8-6(3)10-7(4)9-8/h2*5H,1-4H3. The van der Waals surface area contributed by atoms with E-state index in [-0.39, 0.29) is 0 Å².